The third kappa shape index (κ3) is 8.50. The maximum Gasteiger partial charge on any atom is 0.0593 e. The first-order chi connectivity index (χ1) is 5.66. The molecule has 0 bridgehead atoms. The minimum atomic E-state index is 0.645. The molecule has 0 N–H and O–H groups in total. The topological polar surface area (TPSA) is 12.5 Å². The van der Waals surface area contributed by atoms with Crippen molar-refractivity contribution in [3.05, 3.63) is 0 Å². The molecule has 0 unspecified atom stereocenters. The zero-order valence-corrected chi connectivity index (χ0v) is 9.93. The zero-order valence-electron chi connectivity index (χ0n) is 8.35. The smallest absolute Gasteiger partial charge is 0.0593 e. The lowest BCUT2D eigenvalue weighted by molar-refractivity contribution is 0.0929. The third-order valence-corrected chi connectivity index (χ3v) is 1.89. The van der Waals surface area contributed by atoms with Gasteiger partial charge in [-0.3, -0.25) is 0 Å². The lowest BCUT2D eigenvalue weighted by Crippen LogP contribution is -2.25. The van der Waals surface area contributed by atoms with E-state index in [0.717, 1.165) is 31.6 Å². The molecule has 0 spiro atoms. The highest BCUT2D eigenvalue weighted by molar-refractivity contribution is 9.09. The summed E-state index contributed by atoms with van der Waals surface area (Å²) in [6, 6.07) is 0. The average Bonchev–Trinajstić information content (AvgIpc) is 1.98. The first-order valence-corrected chi connectivity index (χ1v) is 5.61. The molecule has 0 atom stereocenters. The van der Waals surface area contributed by atoms with Crippen molar-refractivity contribution in [1.29, 1.82) is 0 Å². The van der Waals surface area contributed by atoms with Gasteiger partial charge in [0.1, 0.15) is 0 Å². The van der Waals surface area contributed by atoms with Gasteiger partial charge in [0, 0.05) is 25.0 Å². The van der Waals surface area contributed by atoms with Crippen LogP contribution in [0.25, 0.3) is 0 Å². The summed E-state index contributed by atoms with van der Waals surface area (Å²) >= 11 is 3.40. The lowest BCUT2D eigenvalue weighted by atomic mass is 10.2. The van der Waals surface area contributed by atoms with E-state index in [1.807, 2.05) is 0 Å². The molecule has 0 amide bonds. The van der Waals surface area contributed by atoms with Crippen LogP contribution in [-0.4, -0.2) is 43.6 Å². The molecule has 3 heteroatoms. The number of hydrogen-bond acceptors (Lipinski definition) is 2. The van der Waals surface area contributed by atoms with Gasteiger partial charge in [0.25, 0.3) is 0 Å². The van der Waals surface area contributed by atoms with Crippen molar-refractivity contribution in [2.75, 3.05) is 38.7 Å². The summed E-state index contributed by atoms with van der Waals surface area (Å²) < 4.78 is 5.46. The minimum Gasteiger partial charge on any atom is -0.380 e. The number of halogens is 1. The fourth-order valence-corrected chi connectivity index (χ4v) is 1.40. The molecule has 0 aromatic rings. The monoisotopic (exact) mass is 237 g/mol. The van der Waals surface area contributed by atoms with E-state index >= 15 is 0 Å². The largest absolute Gasteiger partial charge is 0.380 e. The van der Waals surface area contributed by atoms with Crippen molar-refractivity contribution in [2.45, 2.75) is 13.8 Å². The Morgan fingerprint density at radius 1 is 1.33 bits per heavy atom. The summed E-state index contributed by atoms with van der Waals surface area (Å²) in [4.78, 5) is 2.26. The van der Waals surface area contributed by atoms with Crippen molar-refractivity contribution < 1.29 is 4.74 Å². The summed E-state index contributed by atoms with van der Waals surface area (Å²) in [5.41, 5.74) is 0. The number of alkyl halides is 1. The molecule has 0 aliphatic carbocycles. The summed E-state index contributed by atoms with van der Waals surface area (Å²) in [5, 5.41) is 1.04. The SMILES string of the molecule is CC(C)COCCN(C)CCBr. The summed E-state index contributed by atoms with van der Waals surface area (Å²) in [5.74, 6) is 0.645. The highest BCUT2D eigenvalue weighted by Gasteiger charge is 1.97. The van der Waals surface area contributed by atoms with Gasteiger partial charge in [0.2, 0.25) is 0 Å². The molecular formula is C9H20BrNO. The Labute approximate surface area is 84.4 Å². The van der Waals surface area contributed by atoms with Crippen LogP contribution in [0.4, 0.5) is 0 Å². The van der Waals surface area contributed by atoms with Crippen LogP contribution >= 0.6 is 15.9 Å². The maximum atomic E-state index is 5.46. The molecule has 0 saturated heterocycles. The summed E-state index contributed by atoms with van der Waals surface area (Å²) in [6.45, 7) is 8.18. The van der Waals surface area contributed by atoms with E-state index in [1.165, 1.54) is 0 Å². The number of hydrogen-bond donors (Lipinski definition) is 0. The second kappa shape index (κ2) is 8.02. The highest BCUT2D eigenvalue weighted by atomic mass is 79.9. The average molecular weight is 238 g/mol. The first kappa shape index (κ1) is 12.4. The van der Waals surface area contributed by atoms with E-state index < -0.39 is 0 Å². The Balaban J connectivity index is 3.08. The lowest BCUT2D eigenvalue weighted by Gasteiger charge is -2.15. The molecule has 0 rings (SSSR count). The standard InChI is InChI=1S/C9H20BrNO/c1-9(2)8-12-7-6-11(3)5-4-10/h9H,4-8H2,1-3H3. The van der Waals surface area contributed by atoms with Crippen molar-refractivity contribution in [3.8, 4) is 0 Å². The van der Waals surface area contributed by atoms with Crippen molar-refractivity contribution in [1.82, 2.24) is 4.90 Å². The number of rotatable bonds is 7. The van der Waals surface area contributed by atoms with E-state index in [-0.39, 0.29) is 0 Å². The molecule has 12 heavy (non-hydrogen) atoms. The third-order valence-electron chi connectivity index (χ3n) is 1.53. The number of nitrogens with zero attached hydrogens (tertiary/aromatic N) is 1. The van der Waals surface area contributed by atoms with Crippen molar-refractivity contribution in [3.63, 3.8) is 0 Å². The van der Waals surface area contributed by atoms with Gasteiger partial charge in [-0.1, -0.05) is 29.8 Å². The van der Waals surface area contributed by atoms with Crippen LogP contribution in [0.15, 0.2) is 0 Å². The number of likely N-dealkylation sites (N-methyl/N-ethyl adjacent to an activating group) is 1. The Morgan fingerprint density at radius 3 is 2.50 bits per heavy atom. The molecule has 74 valence electrons. The van der Waals surface area contributed by atoms with E-state index in [9.17, 15) is 0 Å². The van der Waals surface area contributed by atoms with Crippen LogP contribution in [0.2, 0.25) is 0 Å². The van der Waals surface area contributed by atoms with Crippen LogP contribution in [0, 0.1) is 5.92 Å². The van der Waals surface area contributed by atoms with Gasteiger partial charge in [-0.2, -0.15) is 0 Å². The van der Waals surface area contributed by atoms with Crippen LogP contribution in [-0.2, 0) is 4.74 Å². The normalized spacial score (nSPS) is 11.5. The van der Waals surface area contributed by atoms with Gasteiger partial charge in [0.15, 0.2) is 0 Å². The number of ether oxygens (including phenoxy) is 1. The highest BCUT2D eigenvalue weighted by Crippen LogP contribution is 1.93. The summed E-state index contributed by atoms with van der Waals surface area (Å²) in [7, 11) is 2.11. The molecule has 0 aliphatic heterocycles. The van der Waals surface area contributed by atoms with Crippen LogP contribution < -0.4 is 0 Å². The first-order valence-electron chi connectivity index (χ1n) is 4.49. The fraction of sp³-hybridized carbons (Fsp3) is 1.00. The van der Waals surface area contributed by atoms with Crippen LogP contribution in [0.3, 0.4) is 0 Å². The van der Waals surface area contributed by atoms with Gasteiger partial charge in [0.05, 0.1) is 6.61 Å². The van der Waals surface area contributed by atoms with Crippen LogP contribution in [0.5, 0.6) is 0 Å². The van der Waals surface area contributed by atoms with E-state index in [1.54, 1.807) is 0 Å². The second-order valence-corrected chi connectivity index (χ2v) is 4.25. The maximum absolute atomic E-state index is 5.46. The minimum absolute atomic E-state index is 0.645. The quantitative estimate of drug-likeness (QED) is 0.496. The Bertz CT molecular complexity index is 98.5. The Kier molecular flexibility index (Phi) is 8.29. The molecule has 0 aromatic carbocycles. The van der Waals surface area contributed by atoms with Crippen molar-refractivity contribution >= 4 is 15.9 Å². The van der Waals surface area contributed by atoms with E-state index in [4.69, 9.17) is 4.74 Å². The molecule has 0 saturated carbocycles. The fourth-order valence-electron chi connectivity index (χ4n) is 0.796. The molecule has 0 radical (unpaired) electrons. The van der Waals surface area contributed by atoms with Gasteiger partial charge < -0.3 is 9.64 Å². The molecule has 0 aromatic heterocycles. The van der Waals surface area contributed by atoms with Gasteiger partial charge >= 0.3 is 0 Å². The molecule has 2 nitrogen and oxygen atoms in total. The van der Waals surface area contributed by atoms with E-state index in [0.29, 0.717) is 5.92 Å². The predicted molar refractivity (Wildman–Crippen MR) is 56.9 cm³/mol. The zero-order chi connectivity index (χ0) is 9.40. The van der Waals surface area contributed by atoms with Crippen LogP contribution in [0.1, 0.15) is 13.8 Å². The van der Waals surface area contributed by atoms with Gasteiger partial charge in [-0.25, -0.2) is 0 Å². The van der Waals surface area contributed by atoms with E-state index in [2.05, 4.69) is 41.7 Å². The van der Waals surface area contributed by atoms with Crippen molar-refractivity contribution in [2.24, 2.45) is 5.92 Å². The molecular weight excluding hydrogens is 218 g/mol. The van der Waals surface area contributed by atoms with Gasteiger partial charge in [-0.05, 0) is 13.0 Å². The predicted octanol–water partition coefficient (Wildman–Crippen LogP) is 1.99. The Hall–Kier alpha value is 0.400. The van der Waals surface area contributed by atoms with Gasteiger partial charge in [-0.15, -0.1) is 0 Å². The molecule has 0 fully saturated rings. The second-order valence-electron chi connectivity index (χ2n) is 3.46. The Morgan fingerprint density at radius 2 is 2.00 bits per heavy atom. The molecule has 0 heterocycles. The molecule has 0 aliphatic rings. The summed E-state index contributed by atoms with van der Waals surface area (Å²) in [6.07, 6.45) is 0.